The Bertz CT molecular complexity index is 799. The first-order valence-electron chi connectivity index (χ1n) is 8.71. The number of ether oxygens (including phenoxy) is 1. The number of hydrogen-bond donors (Lipinski definition) is 1. The van der Waals surface area contributed by atoms with Crippen LogP contribution in [0.5, 0.6) is 5.75 Å². The molecule has 5 heteroatoms. The van der Waals surface area contributed by atoms with Gasteiger partial charge in [0.05, 0.1) is 6.61 Å². The van der Waals surface area contributed by atoms with Crippen molar-refractivity contribution in [1.82, 2.24) is 10.5 Å². The number of fused-ring (bicyclic) bond motifs is 1. The third kappa shape index (κ3) is 4.83. The van der Waals surface area contributed by atoms with Gasteiger partial charge >= 0.3 is 0 Å². The quantitative estimate of drug-likeness (QED) is 0.485. The Morgan fingerprint density at radius 1 is 1.04 bits per heavy atom. The number of benzene rings is 2. The number of hydrogen-bond acceptors (Lipinski definition) is 4. The Morgan fingerprint density at radius 3 is 2.64 bits per heavy atom. The number of aromatic nitrogens is 1. The van der Waals surface area contributed by atoms with Crippen molar-refractivity contribution in [1.29, 1.82) is 0 Å². The fraction of sp³-hybridized carbons (Fsp3) is 0.350. The highest BCUT2D eigenvalue weighted by Crippen LogP contribution is 2.30. The second-order valence-electron chi connectivity index (χ2n) is 6.06. The fourth-order valence-electron chi connectivity index (χ4n) is 2.78. The van der Waals surface area contributed by atoms with E-state index in [0.717, 1.165) is 52.0 Å². The molecule has 0 atom stereocenters. The molecular formula is C20H23BrN2O2. The maximum absolute atomic E-state index is 5.82. The van der Waals surface area contributed by atoms with Gasteiger partial charge < -0.3 is 14.6 Å². The van der Waals surface area contributed by atoms with Crippen molar-refractivity contribution in [3.8, 4) is 17.0 Å². The summed E-state index contributed by atoms with van der Waals surface area (Å²) in [6.07, 6.45) is 4.78. The summed E-state index contributed by atoms with van der Waals surface area (Å²) in [6.45, 7) is 1.86. The zero-order chi connectivity index (χ0) is 17.5. The molecule has 0 spiro atoms. The highest BCUT2D eigenvalue weighted by Gasteiger charge is 2.10. The predicted octanol–water partition coefficient (Wildman–Crippen LogP) is 5.42. The second kappa shape index (κ2) is 9.02. The van der Waals surface area contributed by atoms with Crippen LogP contribution in [0, 0.1) is 0 Å². The molecular weight excluding hydrogens is 380 g/mol. The van der Waals surface area contributed by atoms with E-state index in [2.05, 4.69) is 26.4 Å². The largest absolute Gasteiger partial charge is 0.494 e. The molecule has 1 N–H and O–H groups in total. The van der Waals surface area contributed by atoms with Gasteiger partial charge in [-0.05, 0) is 68.9 Å². The van der Waals surface area contributed by atoms with E-state index in [9.17, 15) is 0 Å². The molecule has 0 unspecified atom stereocenters. The zero-order valence-corrected chi connectivity index (χ0v) is 16.0. The average molecular weight is 403 g/mol. The molecule has 0 fully saturated rings. The van der Waals surface area contributed by atoms with Gasteiger partial charge in [-0.25, -0.2) is 0 Å². The first kappa shape index (κ1) is 18.0. The maximum atomic E-state index is 5.82. The van der Waals surface area contributed by atoms with Crippen molar-refractivity contribution in [3.05, 3.63) is 46.9 Å². The van der Waals surface area contributed by atoms with Gasteiger partial charge in [0, 0.05) is 15.4 Å². The van der Waals surface area contributed by atoms with Crippen molar-refractivity contribution in [2.45, 2.75) is 25.7 Å². The van der Waals surface area contributed by atoms with Crippen LogP contribution in [0.4, 0.5) is 0 Å². The van der Waals surface area contributed by atoms with E-state index < -0.39 is 0 Å². The summed E-state index contributed by atoms with van der Waals surface area (Å²) in [7, 11) is 1.99. The normalized spacial score (nSPS) is 11.1. The number of rotatable bonds is 9. The molecule has 0 radical (unpaired) electrons. The van der Waals surface area contributed by atoms with E-state index in [4.69, 9.17) is 9.26 Å². The molecule has 0 aliphatic heterocycles. The van der Waals surface area contributed by atoms with Crippen LogP contribution in [-0.4, -0.2) is 25.4 Å². The molecule has 0 amide bonds. The number of nitrogens with zero attached hydrogens (tertiary/aromatic N) is 1. The summed E-state index contributed by atoms with van der Waals surface area (Å²) in [5.41, 5.74) is 2.67. The molecule has 1 aromatic heterocycles. The average Bonchev–Trinajstić information content (AvgIpc) is 3.04. The third-order valence-corrected chi connectivity index (χ3v) is 4.64. The van der Waals surface area contributed by atoms with Gasteiger partial charge in [-0.1, -0.05) is 33.9 Å². The topological polar surface area (TPSA) is 47.3 Å². The van der Waals surface area contributed by atoms with E-state index in [1.54, 1.807) is 0 Å². The first-order valence-corrected chi connectivity index (χ1v) is 9.50. The smallest absolute Gasteiger partial charge is 0.168 e. The van der Waals surface area contributed by atoms with Gasteiger partial charge in [-0.2, -0.15) is 0 Å². The van der Waals surface area contributed by atoms with Gasteiger partial charge in [0.15, 0.2) is 5.58 Å². The SMILES string of the molecule is CNCCCCCCOc1ccc(-c2noc3cc(Br)ccc23)cc1. The molecule has 0 saturated carbocycles. The summed E-state index contributed by atoms with van der Waals surface area (Å²) in [4.78, 5) is 0. The number of unbranched alkanes of at least 4 members (excludes halogenated alkanes) is 3. The van der Waals surface area contributed by atoms with Crippen LogP contribution >= 0.6 is 15.9 Å². The molecule has 4 nitrogen and oxygen atoms in total. The minimum Gasteiger partial charge on any atom is -0.494 e. The highest BCUT2D eigenvalue weighted by atomic mass is 79.9. The van der Waals surface area contributed by atoms with Crippen LogP contribution in [0.25, 0.3) is 22.2 Å². The lowest BCUT2D eigenvalue weighted by Crippen LogP contribution is -2.07. The van der Waals surface area contributed by atoms with Gasteiger partial charge in [0.1, 0.15) is 11.4 Å². The van der Waals surface area contributed by atoms with E-state index >= 15 is 0 Å². The molecule has 132 valence electrons. The van der Waals surface area contributed by atoms with Crippen LogP contribution in [0.15, 0.2) is 51.5 Å². The molecule has 0 bridgehead atoms. The van der Waals surface area contributed by atoms with Gasteiger partial charge in [-0.15, -0.1) is 0 Å². The van der Waals surface area contributed by atoms with Crippen molar-refractivity contribution >= 4 is 26.9 Å². The van der Waals surface area contributed by atoms with Crippen molar-refractivity contribution in [2.75, 3.05) is 20.2 Å². The monoisotopic (exact) mass is 402 g/mol. The molecule has 3 rings (SSSR count). The van der Waals surface area contributed by atoms with E-state index in [0.29, 0.717) is 0 Å². The van der Waals surface area contributed by atoms with Crippen molar-refractivity contribution < 1.29 is 9.26 Å². The maximum Gasteiger partial charge on any atom is 0.168 e. The van der Waals surface area contributed by atoms with Crippen LogP contribution < -0.4 is 10.1 Å². The first-order chi connectivity index (χ1) is 12.3. The minimum absolute atomic E-state index is 0.764. The molecule has 1 heterocycles. The summed E-state index contributed by atoms with van der Waals surface area (Å²) >= 11 is 3.45. The van der Waals surface area contributed by atoms with Crippen LogP contribution in [0.1, 0.15) is 25.7 Å². The second-order valence-corrected chi connectivity index (χ2v) is 6.98. The lowest BCUT2D eigenvalue weighted by atomic mass is 10.1. The minimum atomic E-state index is 0.764. The predicted molar refractivity (Wildman–Crippen MR) is 105 cm³/mol. The third-order valence-electron chi connectivity index (χ3n) is 4.15. The Labute approximate surface area is 156 Å². The zero-order valence-electron chi connectivity index (χ0n) is 14.4. The summed E-state index contributed by atoms with van der Waals surface area (Å²) in [5.74, 6) is 0.898. The van der Waals surface area contributed by atoms with Crippen LogP contribution in [0.3, 0.4) is 0 Å². The highest BCUT2D eigenvalue weighted by molar-refractivity contribution is 9.10. The summed E-state index contributed by atoms with van der Waals surface area (Å²) in [6, 6.07) is 14.0. The molecule has 0 saturated heterocycles. The Balaban J connectivity index is 1.55. The molecule has 0 aliphatic rings. The molecule has 0 aliphatic carbocycles. The van der Waals surface area contributed by atoms with E-state index in [1.807, 2.05) is 49.5 Å². The van der Waals surface area contributed by atoms with Gasteiger partial charge in [0.2, 0.25) is 0 Å². The Kier molecular flexibility index (Phi) is 6.48. The Hall–Kier alpha value is -1.85. The number of nitrogens with one attached hydrogen (secondary N) is 1. The van der Waals surface area contributed by atoms with Gasteiger partial charge in [0.25, 0.3) is 0 Å². The van der Waals surface area contributed by atoms with E-state index in [1.165, 1.54) is 19.3 Å². The van der Waals surface area contributed by atoms with Crippen molar-refractivity contribution in [3.63, 3.8) is 0 Å². The molecule has 25 heavy (non-hydrogen) atoms. The van der Waals surface area contributed by atoms with E-state index in [-0.39, 0.29) is 0 Å². The fourth-order valence-corrected chi connectivity index (χ4v) is 3.12. The van der Waals surface area contributed by atoms with Crippen LogP contribution in [0.2, 0.25) is 0 Å². The van der Waals surface area contributed by atoms with Crippen LogP contribution in [-0.2, 0) is 0 Å². The van der Waals surface area contributed by atoms with Gasteiger partial charge in [-0.3, -0.25) is 0 Å². The lowest BCUT2D eigenvalue weighted by molar-refractivity contribution is 0.304. The molecule has 2 aromatic carbocycles. The lowest BCUT2D eigenvalue weighted by Gasteiger charge is -2.07. The summed E-state index contributed by atoms with van der Waals surface area (Å²) < 4.78 is 12.2. The standard InChI is InChI=1S/C20H23BrN2O2/c1-22-12-4-2-3-5-13-24-17-9-6-15(7-10-17)20-18-11-8-16(21)14-19(18)25-23-20/h6-11,14,22H,2-5,12-13H2,1H3. The van der Waals surface area contributed by atoms with Crippen molar-refractivity contribution in [2.24, 2.45) is 0 Å². The molecule has 3 aromatic rings. The Morgan fingerprint density at radius 2 is 1.84 bits per heavy atom. The number of halogens is 1. The summed E-state index contributed by atoms with van der Waals surface area (Å²) in [5, 5.41) is 8.39.